The van der Waals surface area contributed by atoms with Gasteiger partial charge in [-0.2, -0.15) is 5.10 Å². The monoisotopic (exact) mass is 256 g/mol. The van der Waals surface area contributed by atoms with Gasteiger partial charge in [-0.05, 0) is 42.5 Å². The SMILES string of the molecule is Nc1cnn(CC(=O)Nc2ccc3c(c2)CCC3)c1. The summed E-state index contributed by atoms with van der Waals surface area (Å²) in [6, 6.07) is 6.13. The van der Waals surface area contributed by atoms with Gasteiger partial charge in [-0.25, -0.2) is 0 Å². The number of carbonyl (C=O) groups excluding carboxylic acids is 1. The molecule has 1 aliphatic carbocycles. The van der Waals surface area contributed by atoms with E-state index in [9.17, 15) is 4.79 Å². The van der Waals surface area contributed by atoms with Crippen molar-refractivity contribution in [3.63, 3.8) is 0 Å². The Balaban J connectivity index is 1.66. The van der Waals surface area contributed by atoms with Crippen LogP contribution in [0.15, 0.2) is 30.6 Å². The number of carbonyl (C=O) groups is 1. The summed E-state index contributed by atoms with van der Waals surface area (Å²) in [5, 5.41) is 6.87. The minimum Gasteiger partial charge on any atom is -0.396 e. The van der Waals surface area contributed by atoms with E-state index in [4.69, 9.17) is 5.73 Å². The first-order chi connectivity index (χ1) is 9.20. The summed E-state index contributed by atoms with van der Waals surface area (Å²) >= 11 is 0. The molecule has 1 aromatic heterocycles. The molecule has 2 aromatic rings. The third kappa shape index (κ3) is 2.59. The van der Waals surface area contributed by atoms with Crippen molar-refractivity contribution in [1.29, 1.82) is 0 Å². The van der Waals surface area contributed by atoms with Crippen molar-refractivity contribution in [1.82, 2.24) is 9.78 Å². The van der Waals surface area contributed by atoms with Gasteiger partial charge < -0.3 is 11.1 Å². The van der Waals surface area contributed by atoms with Gasteiger partial charge in [-0.15, -0.1) is 0 Å². The molecule has 0 radical (unpaired) electrons. The molecule has 5 nitrogen and oxygen atoms in total. The smallest absolute Gasteiger partial charge is 0.246 e. The van der Waals surface area contributed by atoms with Crippen molar-refractivity contribution in [2.45, 2.75) is 25.8 Å². The van der Waals surface area contributed by atoms with Crippen LogP contribution in [0.25, 0.3) is 0 Å². The van der Waals surface area contributed by atoms with Crippen LogP contribution in [0.1, 0.15) is 17.5 Å². The number of fused-ring (bicyclic) bond motifs is 1. The lowest BCUT2D eigenvalue weighted by atomic mass is 10.1. The zero-order valence-electron chi connectivity index (χ0n) is 10.6. The third-order valence-corrected chi connectivity index (χ3v) is 3.34. The number of benzene rings is 1. The normalized spacial score (nSPS) is 13.3. The van der Waals surface area contributed by atoms with Crippen molar-refractivity contribution >= 4 is 17.3 Å². The van der Waals surface area contributed by atoms with E-state index in [0.29, 0.717) is 5.69 Å². The molecule has 98 valence electrons. The number of nitrogen functional groups attached to an aromatic ring is 1. The highest BCUT2D eigenvalue weighted by atomic mass is 16.2. The highest BCUT2D eigenvalue weighted by Crippen LogP contribution is 2.24. The fourth-order valence-corrected chi connectivity index (χ4v) is 2.46. The minimum atomic E-state index is -0.0963. The van der Waals surface area contributed by atoms with Crippen molar-refractivity contribution in [2.24, 2.45) is 0 Å². The average molecular weight is 256 g/mol. The van der Waals surface area contributed by atoms with E-state index < -0.39 is 0 Å². The van der Waals surface area contributed by atoms with Crippen molar-refractivity contribution < 1.29 is 4.79 Å². The zero-order valence-corrected chi connectivity index (χ0v) is 10.6. The summed E-state index contributed by atoms with van der Waals surface area (Å²) in [5.41, 5.74) is 9.72. The number of aromatic nitrogens is 2. The fourth-order valence-electron chi connectivity index (χ4n) is 2.46. The Morgan fingerprint density at radius 2 is 2.21 bits per heavy atom. The molecule has 3 N–H and O–H groups in total. The molecule has 0 saturated carbocycles. The van der Waals surface area contributed by atoms with Crippen LogP contribution in [0.5, 0.6) is 0 Å². The zero-order chi connectivity index (χ0) is 13.2. The van der Waals surface area contributed by atoms with Crippen LogP contribution in [0.4, 0.5) is 11.4 Å². The molecule has 3 rings (SSSR count). The number of hydrogen-bond acceptors (Lipinski definition) is 3. The van der Waals surface area contributed by atoms with E-state index in [0.717, 1.165) is 18.5 Å². The van der Waals surface area contributed by atoms with Crippen LogP contribution < -0.4 is 11.1 Å². The number of nitrogens with two attached hydrogens (primary N) is 1. The van der Waals surface area contributed by atoms with E-state index in [1.807, 2.05) is 6.07 Å². The first kappa shape index (κ1) is 11.8. The maximum absolute atomic E-state index is 11.9. The molecule has 19 heavy (non-hydrogen) atoms. The van der Waals surface area contributed by atoms with Gasteiger partial charge in [0.2, 0.25) is 5.91 Å². The van der Waals surface area contributed by atoms with Crippen molar-refractivity contribution in [3.8, 4) is 0 Å². The molecule has 0 atom stereocenters. The Morgan fingerprint density at radius 1 is 1.37 bits per heavy atom. The summed E-state index contributed by atoms with van der Waals surface area (Å²) < 4.78 is 1.53. The Morgan fingerprint density at radius 3 is 3.00 bits per heavy atom. The summed E-state index contributed by atoms with van der Waals surface area (Å²) in [4.78, 5) is 11.9. The molecule has 1 heterocycles. The van der Waals surface area contributed by atoms with Gasteiger partial charge in [0.1, 0.15) is 6.54 Å². The molecule has 1 aromatic carbocycles. The lowest BCUT2D eigenvalue weighted by molar-refractivity contribution is -0.116. The average Bonchev–Trinajstić information content (AvgIpc) is 2.97. The van der Waals surface area contributed by atoms with E-state index in [1.165, 1.54) is 28.4 Å². The molecular formula is C14H16N4O. The second kappa shape index (κ2) is 4.76. The predicted molar refractivity (Wildman–Crippen MR) is 73.7 cm³/mol. The highest BCUT2D eigenvalue weighted by molar-refractivity contribution is 5.90. The Labute approximate surface area is 111 Å². The Bertz CT molecular complexity index is 618. The number of rotatable bonds is 3. The lowest BCUT2D eigenvalue weighted by Gasteiger charge is -2.07. The summed E-state index contributed by atoms with van der Waals surface area (Å²) in [7, 11) is 0. The summed E-state index contributed by atoms with van der Waals surface area (Å²) in [6.45, 7) is 0.175. The van der Waals surface area contributed by atoms with E-state index >= 15 is 0 Å². The van der Waals surface area contributed by atoms with Crippen LogP contribution in [0.2, 0.25) is 0 Å². The van der Waals surface area contributed by atoms with E-state index in [-0.39, 0.29) is 12.5 Å². The minimum absolute atomic E-state index is 0.0963. The predicted octanol–water partition coefficient (Wildman–Crippen LogP) is 1.59. The third-order valence-electron chi connectivity index (χ3n) is 3.34. The molecule has 0 spiro atoms. The number of amides is 1. The molecule has 1 amide bonds. The van der Waals surface area contributed by atoms with Gasteiger partial charge in [-0.3, -0.25) is 9.48 Å². The first-order valence-corrected chi connectivity index (χ1v) is 6.40. The molecule has 0 unspecified atom stereocenters. The van der Waals surface area contributed by atoms with Crippen LogP contribution >= 0.6 is 0 Å². The van der Waals surface area contributed by atoms with Gasteiger partial charge in [0.25, 0.3) is 0 Å². The molecule has 0 bridgehead atoms. The van der Waals surface area contributed by atoms with Crippen LogP contribution in [0.3, 0.4) is 0 Å². The largest absolute Gasteiger partial charge is 0.396 e. The maximum atomic E-state index is 11.9. The highest BCUT2D eigenvalue weighted by Gasteiger charge is 2.12. The fraction of sp³-hybridized carbons (Fsp3) is 0.286. The van der Waals surface area contributed by atoms with Gasteiger partial charge in [-0.1, -0.05) is 6.07 Å². The second-order valence-electron chi connectivity index (χ2n) is 4.86. The van der Waals surface area contributed by atoms with Gasteiger partial charge in [0.15, 0.2) is 0 Å². The van der Waals surface area contributed by atoms with Crippen molar-refractivity contribution in [3.05, 3.63) is 41.7 Å². The number of hydrogen-bond donors (Lipinski definition) is 2. The first-order valence-electron chi connectivity index (χ1n) is 6.40. The lowest BCUT2D eigenvalue weighted by Crippen LogP contribution is -2.19. The molecular weight excluding hydrogens is 240 g/mol. The van der Waals surface area contributed by atoms with E-state index in [1.54, 1.807) is 6.20 Å². The Kier molecular flexibility index (Phi) is 2.95. The molecule has 0 fully saturated rings. The number of aryl methyl sites for hydroxylation is 2. The topological polar surface area (TPSA) is 72.9 Å². The van der Waals surface area contributed by atoms with Crippen LogP contribution in [-0.4, -0.2) is 15.7 Å². The number of anilines is 2. The van der Waals surface area contributed by atoms with Gasteiger partial charge >= 0.3 is 0 Å². The standard InChI is InChI=1S/C14H16N4O/c15-12-7-16-18(8-12)9-14(19)17-13-5-4-10-2-1-3-11(10)6-13/h4-8H,1-3,9,15H2,(H,17,19). The summed E-state index contributed by atoms with van der Waals surface area (Å²) in [5.74, 6) is -0.0963. The number of nitrogens with one attached hydrogen (secondary N) is 1. The van der Waals surface area contributed by atoms with Crippen LogP contribution in [-0.2, 0) is 24.2 Å². The summed E-state index contributed by atoms with van der Waals surface area (Å²) in [6.07, 6.45) is 6.63. The van der Waals surface area contributed by atoms with Gasteiger partial charge in [0.05, 0.1) is 11.9 Å². The quantitative estimate of drug-likeness (QED) is 0.876. The van der Waals surface area contributed by atoms with Crippen LogP contribution in [0, 0.1) is 0 Å². The molecule has 1 aliphatic rings. The number of nitrogens with zero attached hydrogens (tertiary/aromatic N) is 2. The molecule has 0 saturated heterocycles. The van der Waals surface area contributed by atoms with Crippen molar-refractivity contribution in [2.75, 3.05) is 11.1 Å². The maximum Gasteiger partial charge on any atom is 0.246 e. The molecule has 0 aliphatic heterocycles. The van der Waals surface area contributed by atoms with Gasteiger partial charge in [0, 0.05) is 11.9 Å². The van der Waals surface area contributed by atoms with E-state index in [2.05, 4.69) is 22.5 Å². The molecule has 5 heteroatoms. The Hall–Kier alpha value is -2.30. The second-order valence-corrected chi connectivity index (χ2v) is 4.86.